The van der Waals surface area contributed by atoms with E-state index in [1.54, 1.807) is 0 Å². The van der Waals surface area contributed by atoms with Gasteiger partial charge in [0.1, 0.15) is 0 Å². The second-order valence-electron chi connectivity index (χ2n) is 4.94. The Morgan fingerprint density at radius 1 is 1.35 bits per heavy atom. The van der Waals surface area contributed by atoms with Crippen molar-refractivity contribution in [3.63, 3.8) is 0 Å². The van der Waals surface area contributed by atoms with Gasteiger partial charge in [-0.15, -0.1) is 0 Å². The predicted molar refractivity (Wildman–Crippen MR) is 71.1 cm³/mol. The van der Waals surface area contributed by atoms with Crippen molar-refractivity contribution in [1.82, 2.24) is 0 Å². The van der Waals surface area contributed by atoms with Crippen molar-refractivity contribution >= 4 is 0 Å². The van der Waals surface area contributed by atoms with Crippen LogP contribution in [0.5, 0.6) is 0 Å². The van der Waals surface area contributed by atoms with E-state index in [-0.39, 0.29) is 6.04 Å². The standard InChI is InChI=1S/C15H23NO/c1-2-10-17-11-15(16)14-9-4-3-8-13(14)12-6-5-7-12/h3-4,8-9,12,15H,2,5-7,10-11,16H2,1H3. The average Bonchev–Trinajstić information content (AvgIpc) is 2.28. The Hall–Kier alpha value is -0.860. The minimum Gasteiger partial charge on any atom is -0.379 e. The van der Waals surface area contributed by atoms with Crippen molar-refractivity contribution in [2.24, 2.45) is 5.73 Å². The molecule has 2 rings (SSSR count). The van der Waals surface area contributed by atoms with Gasteiger partial charge in [0.05, 0.1) is 12.6 Å². The summed E-state index contributed by atoms with van der Waals surface area (Å²) >= 11 is 0. The first-order valence-electron chi connectivity index (χ1n) is 6.75. The van der Waals surface area contributed by atoms with Crippen LogP contribution < -0.4 is 5.73 Å². The fourth-order valence-electron chi connectivity index (χ4n) is 2.38. The third-order valence-electron chi connectivity index (χ3n) is 3.59. The van der Waals surface area contributed by atoms with Crippen molar-refractivity contribution in [2.45, 2.75) is 44.6 Å². The van der Waals surface area contributed by atoms with E-state index in [9.17, 15) is 0 Å². The molecule has 1 atom stereocenters. The van der Waals surface area contributed by atoms with E-state index in [2.05, 4.69) is 31.2 Å². The molecule has 0 amide bonds. The van der Waals surface area contributed by atoms with Crippen LogP contribution in [0.3, 0.4) is 0 Å². The summed E-state index contributed by atoms with van der Waals surface area (Å²) in [6.45, 7) is 3.56. The van der Waals surface area contributed by atoms with Gasteiger partial charge in [-0.2, -0.15) is 0 Å². The summed E-state index contributed by atoms with van der Waals surface area (Å²) < 4.78 is 5.56. The lowest BCUT2D eigenvalue weighted by Gasteiger charge is -2.29. The Morgan fingerprint density at radius 3 is 2.76 bits per heavy atom. The van der Waals surface area contributed by atoms with E-state index < -0.39 is 0 Å². The monoisotopic (exact) mass is 233 g/mol. The lowest BCUT2D eigenvalue weighted by molar-refractivity contribution is 0.121. The summed E-state index contributed by atoms with van der Waals surface area (Å²) in [5.74, 6) is 0.739. The molecule has 0 radical (unpaired) electrons. The van der Waals surface area contributed by atoms with Gasteiger partial charge in [-0.25, -0.2) is 0 Å². The zero-order valence-electron chi connectivity index (χ0n) is 10.7. The van der Waals surface area contributed by atoms with Crippen molar-refractivity contribution in [2.75, 3.05) is 13.2 Å². The highest BCUT2D eigenvalue weighted by Crippen LogP contribution is 2.39. The largest absolute Gasteiger partial charge is 0.379 e. The molecule has 0 aliphatic heterocycles. The van der Waals surface area contributed by atoms with E-state index in [0.717, 1.165) is 18.9 Å². The van der Waals surface area contributed by atoms with Crippen molar-refractivity contribution in [3.05, 3.63) is 35.4 Å². The molecule has 2 N–H and O–H groups in total. The molecular weight excluding hydrogens is 210 g/mol. The number of hydrogen-bond donors (Lipinski definition) is 1. The molecule has 0 saturated heterocycles. The SMILES string of the molecule is CCCOCC(N)c1ccccc1C1CCC1. The molecule has 0 heterocycles. The smallest absolute Gasteiger partial charge is 0.0659 e. The Balaban J connectivity index is 2.02. The van der Waals surface area contributed by atoms with Gasteiger partial charge < -0.3 is 10.5 Å². The molecule has 2 heteroatoms. The van der Waals surface area contributed by atoms with E-state index >= 15 is 0 Å². The number of nitrogens with two attached hydrogens (primary N) is 1. The first-order chi connectivity index (χ1) is 8.33. The van der Waals surface area contributed by atoms with Gasteiger partial charge in [0.25, 0.3) is 0 Å². The molecule has 1 saturated carbocycles. The number of benzene rings is 1. The predicted octanol–water partition coefficient (Wildman–Crippen LogP) is 3.38. The Kier molecular flexibility index (Phi) is 4.57. The Labute approximate surface area is 104 Å². The van der Waals surface area contributed by atoms with Crippen LogP contribution in [0, 0.1) is 0 Å². The van der Waals surface area contributed by atoms with E-state index in [4.69, 9.17) is 10.5 Å². The van der Waals surface area contributed by atoms with E-state index in [0.29, 0.717) is 6.61 Å². The molecule has 1 fully saturated rings. The maximum Gasteiger partial charge on any atom is 0.0659 e. The molecule has 1 aliphatic rings. The van der Waals surface area contributed by atoms with Crippen molar-refractivity contribution < 1.29 is 4.74 Å². The van der Waals surface area contributed by atoms with Crippen molar-refractivity contribution in [1.29, 1.82) is 0 Å². The second kappa shape index (κ2) is 6.18. The fourth-order valence-corrected chi connectivity index (χ4v) is 2.38. The molecule has 17 heavy (non-hydrogen) atoms. The summed E-state index contributed by atoms with van der Waals surface area (Å²) in [4.78, 5) is 0. The molecule has 2 nitrogen and oxygen atoms in total. The summed E-state index contributed by atoms with van der Waals surface area (Å²) in [6.07, 6.45) is 5.05. The molecule has 1 unspecified atom stereocenters. The number of hydrogen-bond acceptors (Lipinski definition) is 2. The normalized spacial score (nSPS) is 17.8. The molecule has 0 spiro atoms. The van der Waals surface area contributed by atoms with Gasteiger partial charge in [-0.1, -0.05) is 37.6 Å². The average molecular weight is 233 g/mol. The summed E-state index contributed by atoms with van der Waals surface area (Å²) in [7, 11) is 0. The van der Waals surface area contributed by atoms with Gasteiger partial charge in [-0.05, 0) is 36.3 Å². The second-order valence-corrected chi connectivity index (χ2v) is 4.94. The van der Waals surface area contributed by atoms with Crippen LogP contribution in [0.4, 0.5) is 0 Å². The first-order valence-corrected chi connectivity index (χ1v) is 6.75. The third kappa shape index (κ3) is 3.08. The van der Waals surface area contributed by atoms with E-state index in [1.165, 1.54) is 30.4 Å². The molecule has 1 aromatic rings. The highest BCUT2D eigenvalue weighted by molar-refractivity contribution is 5.34. The Morgan fingerprint density at radius 2 is 2.12 bits per heavy atom. The summed E-state index contributed by atoms with van der Waals surface area (Å²) in [5.41, 5.74) is 8.96. The highest BCUT2D eigenvalue weighted by Gasteiger charge is 2.23. The summed E-state index contributed by atoms with van der Waals surface area (Å²) in [6, 6.07) is 8.62. The minimum atomic E-state index is 0.0262. The molecule has 0 bridgehead atoms. The van der Waals surface area contributed by atoms with Gasteiger partial charge in [0.2, 0.25) is 0 Å². The summed E-state index contributed by atoms with van der Waals surface area (Å²) in [5, 5.41) is 0. The van der Waals surface area contributed by atoms with Crippen LogP contribution in [0.15, 0.2) is 24.3 Å². The zero-order valence-corrected chi connectivity index (χ0v) is 10.7. The maximum absolute atomic E-state index is 6.23. The van der Waals surface area contributed by atoms with Crippen LogP contribution >= 0.6 is 0 Å². The van der Waals surface area contributed by atoms with Crippen LogP contribution in [0.1, 0.15) is 55.7 Å². The fraction of sp³-hybridized carbons (Fsp3) is 0.600. The van der Waals surface area contributed by atoms with Crippen LogP contribution in [0.25, 0.3) is 0 Å². The molecule has 94 valence electrons. The first kappa shape index (κ1) is 12.6. The van der Waals surface area contributed by atoms with E-state index in [1.807, 2.05) is 0 Å². The van der Waals surface area contributed by atoms with Crippen molar-refractivity contribution in [3.8, 4) is 0 Å². The lowest BCUT2D eigenvalue weighted by atomic mass is 9.77. The highest BCUT2D eigenvalue weighted by atomic mass is 16.5. The molecule has 0 aromatic heterocycles. The zero-order chi connectivity index (χ0) is 12.1. The van der Waals surface area contributed by atoms with Gasteiger partial charge >= 0.3 is 0 Å². The van der Waals surface area contributed by atoms with Crippen LogP contribution in [0.2, 0.25) is 0 Å². The topological polar surface area (TPSA) is 35.2 Å². The number of rotatable bonds is 6. The molecule has 1 aromatic carbocycles. The van der Waals surface area contributed by atoms with Gasteiger partial charge in [0.15, 0.2) is 0 Å². The van der Waals surface area contributed by atoms with Crippen LogP contribution in [-0.2, 0) is 4.74 Å². The van der Waals surface area contributed by atoms with Crippen LogP contribution in [-0.4, -0.2) is 13.2 Å². The number of ether oxygens (including phenoxy) is 1. The Bertz CT molecular complexity index is 347. The lowest BCUT2D eigenvalue weighted by Crippen LogP contribution is -2.21. The van der Waals surface area contributed by atoms with Gasteiger partial charge in [0, 0.05) is 6.61 Å². The molecular formula is C15H23NO. The third-order valence-corrected chi connectivity index (χ3v) is 3.59. The maximum atomic E-state index is 6.23. The van der Waals surface area contributed by atoms with Gasteiger partial charge in [-0.3, -0.25) is 0 Å². The molecule has 1 aliphatic carbocycles. The quantitative estimate of drug-likeness (QED) is 0.764. The minimum absolute atomic E-state index is 0.0262.